The maximum Gasteiger partial charge on any atom is 0.319 e. The number of nitro groups is 1. The molecule has 0 bridgehead atoms. The average molecular weight is 267 g/mol. The van der Waals surface area contributed by atoms with Crippen LogP contribution >= 0.6 is 0 Å². The van der Waals surface area contributed by atoms with Crippen LogP contribution in [-0.2, 0) is 0 Å². The molecule has 1 aromatic carbocycles. The van der Waals surface area contributed by atoms with E-state index < -0.39 is 16.8 Å². The largest absolute Gasteiger partial charge is 0.335 e. The number of nitrogens with zero attached hydrogens (tertiary/aromatic N) is 1. The highest BCUT2D eigenvalue weighted by atomic mass is 19.1. The third kappa shape index (κ3) is 3.40. The van der Waals surface area contributed by atoms with Gasteiger partial charge in [-0.1, -0.05) is 12.8 Å². The molecule has 19 heavy (non-hydrogen) atoms. The smallest absolute Gasteiger partial charge is 0.319 e. The Labute approximate surface area is 109 Å². The maximum atomic E-state index is 13.5. The van der Waals surface area contributed by atoms with Crippen LogP contribution < -0.4 is 10.6 Å². The Kier molecular flexibility index (Phi) is 3.94. The van der Waals surface area contributed by atoms with Crippen LogP contribution in [0.4, 0.5) is 20.6 Å². The van der Waals surface area contributed by atoms with E-state index in [2.05, 4.69) is 10.6 Å². The van der Waals surface area contributed by atoms with Crippen molar-refractivity contribution in [1.82, 2.24) is 5.32 Å². The van der Waals surface area contributed by atoms with Gasteiger partial charge < -0.3 is 10.6 Å². The molecule has 0 atom stereocenters. The normalized spacial score (nSPS) is 15.2. The fourth-order valence-corrected chi connectivity index (χ4v) is 2.13. The summed E-state index contributed by atoms with van der Waals surface area (Å²) in [6, 6.07) is 2.75. The second kappa shape index (κ2) is 5.64. The zero-order chi connectivity index (χ0) is 13.8. The highest BCUT2D eigenvalue weighted by Gasteiger charge is 2.18. The molecule has 0 spiro atoms. The van der Waals surface area contributed by atoms with Gasteiger partial charge in [-0.2, -0.15) is 0 Å². The minimum atomic E-state index is -0.823. The van der Waals surface area contributed by atoms with Crippen LogP contribution in [0.25, 0.3) is 0 Å². The van der Waals surface area contributed by atoms with Crippen molar-refractivity contribution >= 4 is 17.4 Å². The quantitative estimate of drug-likeness (QED) is 0.652. The topological polar surface area (TPSA) is 84.3 Å². The van der Waals surface area contributed by atoms with Gasteiger partial charge in [0.25, 0.3) is 5.69 Å². The van der Waals surface area contributed by atoms with E-state index in [9.17, 15) is 19.3 Å². The molecule has 2 rings (SSSR count). The van der Waals surface area contributed by atoms with Crippen LogP contribution in [0.1, 0.15) is 25.7 Å². The predicted molar refractivity (Wildman–Crippen MR) is 67.5 cm³/mol. The van der Waals surface area contributed by atoms with E-state index in [1.165, 1.54) is 6.07 Å². The zero-order valence-corrected chi connectivity index (χ0v) is 10.2. The van der Waals surface area contributed by atoms with Crippen molar-refractivity contribution in [1.29, 1.82) is 0 Å². The van der Waals surface area contributed by atoms with Crippen molar-refractivity contribution in [2.24, 2.45) is 0 Å². The minimum Gasteiger partial charge on any atom is -0.335 e. The molecule has 0 radical (unpaired) electrons. The predicted octanol–water partition coefficient (Wildman–Crippen LogP) is 2.80. The first-order valence-electron chi connectivity index (χ1n) is 6.08. The lowest BCUT2D eigenvalue weighted by atomic mass is 10.2. The summed E-state index contributed by atoms with van der Waals surface area (Å²) in [6.07, 6.45) is 4.01. The summed E-state index contributed by atoms with van der Waals surface area (Å²) in [5.41, 5.74) is -0.416. The summed E-state index contributed by atoms with van der Waals surface area (Å²) in [5.74, 6) is -0.823. The van der Waals surface area contributed by atoms with Gasteiger partial charge in [-0.25, -0.2) is 9.18 Å². The van der Waals surface area contributed by atoms with Crippen molar-refractivity contribution < 1.29 is 14.1 Å². The highest BCUT2D eigenvalue weighted by molar-refractivity contribution is 5.89. The second-order valence-corrected chi connectivity index (χ2v) is 4.50. The highest BCUT2D eigenvalue weighted by Crippen LogP contribution is 2.21. The number of rotatable bonds is 3. The van der Waals surface area contributed by atoms with E-state index >= 15 is 0 Å². The lowest BCUT2D eigenvalue weighted by Gasteiger charge is -2.13. The second-order valence-electron chi connectivity index (χ2n) is 4.50. The maximum absolute atomic E-state index is 13.5. The average Bonchev–Trinajstić information content (AvgIpc) is 2.84. The molecule has 0 heterocycles. The number of benzene rings is 1. The van der Waals surface area contributed by atoms with Crippen LogP contribution in [-0.4, -0.2) is 17.0 Å². The molecule has 2 N–H and O–H groups in total. The molecule has 1 aliphatic rings. The SMILES string of the molecule is O=C(Nc1ccc([N+](=O)[O-])cc1F)NC1CCCC1. The molecule has 0 aliphatic heterocycles. The Bertz CT molecular complexity index is 501. The van der Waals surface area contributed by atoms with E-state index in [1.54, 1.807) is 0 Å². The van der Waals surface area contributed by atoms with Crippen LogP contribution in [0.3, 0.4) is 0 Å². The van der Waals surface area contributed by atoms with E-state index in [1.807, 2.05) is 0 Å². The summed E-state index contributed by atoms with van der Waals surface area (Å²) < 4.78 is 13.5. The Morgan fingerprint density at radius 2 is 2.05 bits per heavy atom. The molecular formula is C12H14FN3O3. The van der Waals surface area contributed by atoms with Crippen LogP contribution in [0, 0.1) is 15.9 Å². The summed E-state index contributed by atoms with van der Waals surface area (Å²) in [6.45, 7) is 0. The summed E-state index contributed by atoms with van der Waals surface area (Å²) in [5, 5.41) is 15.6. The molecule has 0 saturated heterocycles. The van der Waals surface area contributed by atoms with Crippen LogP contribution in [0.2, 0.25) is 0 Å². The number of anilines is 1. The van der Waals surface area contributed by atoms with Gasteiger partial charge in [0.1, 0.15) is 0 Å². The molecule has 1 aromatic rings. The van der Waals surface area contributed by atoms with Crippen molar-refractivity contribution in [2.45, 2.75) is 31.7 Å². The molecule has 1 aliphatic carbocycles. The van der Waals surface area contributed by atoms with E-state index in [0.29, 0.717) is 0 Å². The fourth-order valence-electron chi connectivity index (χ4n) is 2.13. The molecule has 0 aromatic heterocycles. The lowest BCUT2D eigenvalue weighted by Crippen LogP contribution is -2.36. The number of amides is 2. The molecule has 6 nitrogen and oxygen atoms in total. The molecule has 1 fully saturated rings. The molecule has 7 heteroatoms. The van der Waals surface area contributed by atoms with E-state index in [4.69, 9.17) is 0 Å². The fraction of sp³-hybridized carbons (Fsp3) is 0.417. The molecule has 1 saturated carbocycles. The first-order valence-corrected chi connectivity index (χ1v) is 6.08. The van der Waals surface area contributed by atoms with Gasteiger partial charge in [-0.15, -0.1) is 0 Å². The summed E-state index contributed by atoms with van der Waals surface area (Å²) in [4.78, 5) is 21.4. The summed E-state index contributed by atoms with van der Waals surface area (Å²) >= 11 is 0. The molecule has 0 unspecified atom stereocenters. The van der Waals surface area contributed by atoms with Gasteiger partial charge in [-0.3, -0.25) is 10.1 Å². The van der Waals surface area contributed by atoms with Gasteiger partial charge in [0, 0.05) is 12.1 Å². The lowest BCUT2D eigenvalue weighted by molar-refractivity contribution is -0.385. The van der Waals surface area contributed by atoms with Gasteiger partial charge >= 0.3 is 6.03 Å². The number of hydrogen-bond acceptors (Lipinski definition) is 3. The van der Waals surface area contributed by atoms with Crippen LogP contribution in [0.5, 0.6) is 0 Å². The van der Waals surface area contributed by atoms with Gasteiger partial charge in [-0.05, 0) is 18.9 Å². The minimum absolute atomic E-state index is 0.0684. The number of nitrogens with one attached hydrogen (secondary N) is 2. The molecular weight excluding hydrogens is 253 g/mol. The monoisotopic (exact) mass is 267 g/mol. The number of halogens is 1. The van der Waals surface area contributed by atoms with Crippen molar-refractivity contribution in [3.63, 3.8) is 0 Å². The van der Waals surface area contributed by atoms with Crippen molar-refractivity contribution in [3.05, 3.63) is 34.1 Å². The number of urea groups is 1. The first kappa shape index (κ1) is 13.3. The Hall–Kier alpha value is -2.18. The molecule has 2 amide bonds. The molecule has 102 valence electrons. The number of carbonyl (C=O) groups is 1. The Balaban J connectivity index is 1.98. The number of non-ortho nitro benzene ring substituents is 1. The number of hydrogen-bond donors (Lipinski definition) is 2. The van der Waals surface area contributed by atoms with E-state index in [0.717, 1.165) is 37.8 Å². The van der Waals surface area contributed by atoms with Gasteiger partial charge in [0.15, 0.2) is 5.82 Å². The number of carbonyl (C=O) groups excluding carboxylic acids is 1. The van der Waals surface area contributed by atoms with Gasteiger partial charge in [0.05, 0.1) is 16.7 Å². The van der Waals surface area contributed by atoms with Crippen molar-refractivity contribution in [2.75, 3.05) is 5.32 Å². The van der Waals surface area contributed by atoms with Gasteiger partial charge in [0.2, 0.25) is 0 Å². The zero-order valence-electron chi connectivity index (χ0n) is 10.2. The third-order valence-electron chi connectivity index (χ3n) is 3.10. The summed E-state index contributed by atoms with van der Waals surface area (Å²) in [7, 11) is 0. The standard InChI is InChI=1S/C12H14FN3O3/c13-10-7-9(16(18)19)5-6-11(10)15-12(17)14-8-3-1-2-4-8/h5-8H,1-4H2,(H2,14,15,17). The Morgan fingerprint density at radius 3 is 2.63 bits per heavy atom. The third-order valence-corrected chi connectivity index (χ3v) is 3.10. The first-order chi connectivity index (χ1) is 9.06. The van der Waals surface area contributed by atoms with Crippen LogP contribution in [0.15, 0.2) is 18.2 Å². The Morgan fingerprint density at radius 1 is 1.37 bits per heavy atom. The number of nitro benzene ring substituents is 1. The van der Waals surface area contributed by atoms with E-state index in [-0.39, 0.29) is 17.4 Å². The van der Waals surface area contributed by atoms with Crippen molar-refractivity contribution in [3.8, 4) is 0 Å².